The first-order valence-electron chi connectivity index (χ1n) is 6.67. The Balaban J connectivity index is 2.10. The van der Waals surface area contributed by atoms with Gasteiger partial charge in [0.1, 0.15) is 11.5 Å². The number of hydrogen-bond acceptors (Lipinski definition) is 3. The van der Waals surface area contributed by atoms with Crippen LogP contribution in [0.1, 0.15) is 36.0 Å². The van der Waals surface area contributed by atoms with Gasteiger partial charge in [-0.05, 0) is 50.2 Å². The van der Waals surface area contributed by atoms with Crippen molar-refractivity contribution >= 4 is 5.91 Å². The lowest BCUT2D eigenvalue weighted by atomic mass is 10.1. The predicted molar refractivity (Wildman–Crippen MR) is 76.8 cm³/mol. The zero-order chi connectivity index (χ0) is 14.5. The van der Waals surface area contributed by atoms with E-state index in [4.69, 9.17) is 9.15 Å². The molecule has 1 aromatic heterocycles. The van der Waals surface area contributed by atoms with Crippen molar-refractivity contribution in [3.63, 3.8) is 0 Å². The van der Waals surface area contributed by atoms with E-state index in [0.29, 0.717) is 12.2 Å². The average Bonchev–Trinajstić information content (AvgIpc) is 3.00. The zero-order valence-electron chi connectivity index (χ0n) is 12.0. The molecular weight excluding hydrogens is 254 g/mol. The summed E-state index contributed by atoms with van der Waals surface area (Å²) in [6.45, 7) is 4.48. The normalized spacial score (nSPS) is 11.9. The van der Waals surface area contributed by atoms with Crippen molar-refractivity contribution < 1.29 is 13.9 Å². The molecule has 4 nitrogen and oxygen atoms in total. The molecule has 0 bridgehead atoms. The number of rotatable bonds is 5. The van der Waals surface area contributed by atoms with Crippen LogP contribution in [0.5, 0.6) is 5.75 Å². The van der Waals surface area contributed by atoms with Crippen LogP contribution in [-0.2, 0) is 0 Å². The van der Waals surface area contributed by atoms with E-state index >= 15 is 0 Å². The second-order valence-corrected chi connectivity index (χ2v) is 4.56. The van der Waals surface area contributed by atoms with E-state index < -0.39 is 0 Å². The lowest BCUT2D eigenvalue weighted by Gasteiger charge is -2.23. The van der Waals surface area contributed by atoms with Gasteiger partial charge in [0.2, 0.25) is 0 Å². The highest BCUT2D eigenvalue weighted by Crippen LogP contribution is 2.21. The first-order valence-corrected chi connectivity index (χ1v) is 6.67. The summed E-state index contributed by atoms with van der Waals surface area (Å²) in [6, 6.07) is 10.7. The molecule has 0 fully saturated rings. The van der Waals surface area contributed by atoms with Gasteiger partial charge in [0.05, 0.1) is 18.9 Å². The smallest absolute Gasteiger partial charge is 0.254 e. The van der Waals surface area contributed by atoms with Gasteiger partial charge in [-0.2, -0.15) is 0 Å². The third-order valence-electron chi connectivity index (χ3n) is 3.27. The molecule has 0 saturated carbocycles. The third kappa shape index (κ3) is 3.02. The van der Waals surface area contributed by atoms with Crippen molar-refractivity contribution in [3.05, 3.63) is 54.0 Å². The highest BCUT2D eigenvalue weighted by Gasteiger charge is 2.20. The SMILES string of the molecule is CCOc1ccc(C(=O)N(C)[C@H](C)c2ccco2)cc1. The maximum atomic E-state index is 12.4. The number of furan rings is 1. The Morgan fingerprint density at radius 2 is 2.00 bits per heavy atom. The van der Waals surface area contributed by atoms with Crippen LogP contribution in [0.15, 0.2) is 47.1 Å². The van der Waals surface area contributed by atoms with Crippen LogP contribution in [-0.4, -0.2) is 24.5 Å². The number of amides is 1. The molecule has 4 heteroatoms. The molecule has 0 radical (unpaired) electrons. The van der Waals surface area contributed by atoms with E-state index in [-0.39, 0.29) is 11.9 Å². The molecule has 1 atom stereocenters. The largest absolute Gasteiger partial charge is 0.494 e. The van der Waals surface area contributed by atoms with E-state index in [1.54, 1.807) is 30.3 Å². The second-order valence-electron chi connectivity index (χ2n) is 4.56. The lowest BCUT2D eigenvalue weighted by molar-refractivity contribution is 0.0726. The fraction of sp³-hybridized carbons (Fsp3) is 0.312. The minimum Gasteiger partial charge on any atom is -0.494 e. The number of carbonyl (C=O) groups excluding carboxylic acids is 1. The van der Waals surface area contributed by atoms with Crippen molar-refractivity contribution in [2.75, 3.05) is 13.7 Å². The van der Waals surface area contributed by atoms with Crippen molar-refractivity contribution in [3.8, 4) is 5.75 Å². The minimum atomic E-state index is -0.107. The molecule has 1 heterocycles. The standard InChI is InChI=1S/C16H19NO3/c1-4-19-14-9-7-13(8-10-14)16(18)17(3)12(2)15-6-5-11-20-15/h5-12H,4H2,1-3H3/t12-/m1/s1. The van der Waals surface area contributed by atoms with Gasteiger partial charge in [-0.15, -0.1) is 0 Å². The molecule has 0 N–H and O–H groups in total. The summed E-state index contributed by atoms with van der Waals surface area (Å²) in [7, 11) is 1.77. The molecule has 2 rings (SSSR count). The van der Waals surface area contributed by atoms with Crippen LogP contribution in [0.25, 0.3) is 0 Å². The monoisotopic (exact) mass is 273 g/mol. The molecule has 1 amide bonds. The van der Waals surface area contributed by atoms with Gasteiger partial charge in [0.25, 0.3) is 5.91 Å². The van der Waals surface area contributed by atoms with Gasteiger partial charge in [-0.1, -0.05) is 0 Å². The first kappa shape index (κ1) is 14.2. The molecule has 0 aliphatic carbocycles. The number of hydrogen-bond donors (Lipinski definition) is 0. The molecule has 1 aromatic carbocycles. The molecule has 2 aromatic rings. The van der Waals surface area contributed by atoms with Crippen LogP contribution in [0.2, 0.25) is 0 Å². The summed E-state index contributed by atoms with van der Waals surface area (Å²) in [5, 5.41) is 0. The maximum Gasteiger partial charge on any atom is 0.254 e. The van der Waals surface area contributed by atoms with Crippen LogP contribution >= 0.6 is 0 Å². The van der Waals surface area contributed by atoms with Gasteiger partial charge in [-0.25, -0.2) is 0 Å². The van der Waals surface area contributed by atoms with E-state index in [2.05, 4.69) is 0 Å². The summed E-state index contributed by atoms with van der Waals surface area (Å²) < 4.78 is 10.7. The number of nitrogens with zero attached hydrogens (tertiary/aromatic N) is 1. The van der Waals surface area contributed by atoms with Gasteiger partial charge >= 0.3 is 0 Å². The van der Waals surface area contributed by atoms with Crippen molar-refractivity contribution in [1.29, 1.82) is 0 Å². The van der Waals surface area contributed by atoms with Crippen LogP contribution < -0.4 is 4.74 Å². The van der Waals surface area contributed by atoms with Crippen LogP contribution in [0, 0.1) is 0 Å². The molecular formula is C16H19NO3. The topological polar surface area (TPSA) is 42.7 Å². The van der Waals surface area contributed by atoms with Crippen LogP contribution in [0.4, 0.5) is 0 Å². The zero-order valence-corrected chi connectivity index (χ0v) is 12.0. The fourth-order valence-electron chi connectivity index (χ4n) is 1.96. The Hall–Kier alpha value is -2.23. The van der Waals surface area contributed by atoms with E-state index in [9.17, 15) is 4.79 Å². The van der Waals surface area contributed by atoms with E-state index in [0.717, 1.165) is 11.5 Å². The maximum absolute atomic E-state index is 12.4. The molecule has 0 aliphatic rings. The summed E-state index contributed by atoms with van der Waals surface area (Å²) in [6.07, 6.45) is 1.61. The predicted octanol–water partition coefficient (Wildman–Crippen LogP) is 3.51. The highest BCUT2D eigenvalue weighted by molar-refractivity contribution is 5.94. The van der Waals surface area contributed by atoms with Gasteiger partial charge in [0.15, 0.2) is 0 Å². The van der Waals surface area contributed by atoms with Crippen molar-refractivity contribution in [2.45, 2.75) is 19.9 Å². The average molecular weight is 273 g/mol. The Kier molecular flexibility index (Phi) is 4.45. The minimum absolute atomic E-state index is 0.0445. The van der Waals surface area contributed by atoms with Gasteiger partial charge in [0, 0.05) is 12.6 Å². The first-order chi connectivity index (χ1) is 9.63. The summed E-state index contributed by atoms with van der Waals surface area (Å²) in [5.41, 5.74) is 0.634. The number of ether oxygens (including phenoxy) is 1. The number of benzene rings is 1. The van der Waals surface area contributed by atoms with E-state index in [1.807, 2.05) is 38.1 Å². The Morgan fingerprint density at radius 3 is 2.55 bits per heavy atom. The molecule has 0 saturated heterocycles. The highest BCUT2D eigenvalue weighted by atomic mass is 16.5. The Labute approximate surface area is 119 Å². The quantitative estimate of drug-likeness (QED) is 0.837. The van der Waals surface area contributed by atoms with Crippen molar-refractivity contribution in [1.82, 2.24) is 4.90 Å². The molecule has 0 unspecified atom stereocenters. The molecule has 106 valence electrons. The molecule has 20 heavy (non-hydrogen) atoms. The van der Waals surface area contributed by atoms with E-state index in [1.165, 1.54) is 0 Å². The lowest BCUT2D eigenvalue weighted by Crippen LogP contribution is -2.29. The van der Waals surface area contributed by atoms with Gasteiger partial charge in [-0.3, -0.25) is 4.79 Å². The Bertz CT molecular complexity index is 546. The summed E-state index contributed by atoms with van der Waals surface area (Å²) >= 11 is 0. The third-order valence-corrected chi connectivity index (χ3v) is 3.27. The second kappa shape index (κ2) is 6.28. The summed E-state index contributed by atoms with van der Waals surface area (Å²) in [4.78, 5) is 14.1. The van der Waals surface area contributed by atoms with Gasteiger partial charge < -0.3 is 14.1 Å². The summed E-state index contributed by atoms with van der Waals surface area (Å²) in [5.74, 6) is 1.49. The van der Waals surface area contributed by atoms with Crippen molar-refractivity contribution in [2.24, 2.45) is 0 Å². The Morgan fingerprint density at radius 1 is 1.30 bits per heavy atom. The fourth-order valence-corrected chi connectivity index (χ4v) is 1.96. The molecule has 0 aliphatic heterocycles. The van der Waals surface area contributed by atoms with Crippen LogP contribution in [0.3, 0.4) is 0 Å². The molecule has 0 spiro atoms. The number of carbonyl (C=O) groups is 1.